The number of piperidine rings is 1. The number of fused-ring (bicyclic) bond motifs is 3. The standard InChI is InChI=1S/C34H44N10O2/c1-5-28-31-27(15-35)37-20-43(31)29-16-36-34(40-32(29)44(28)21(2)3)39-26-9-8-23(14-30(26)46-4)33(45)38-24-18-42(19-24)25-10-12-41(13-11-25)17-22-6-7-22/h8-9,14,16,20-22,24-25,28H,5-7,10-13,17-19H2,1-4H3,(H,38,45)(H,36,39,40)/t28-/m1/s1. The predicted molar refractivity (Wildman–Crippen MR) is 176 cm³/mol. The fourth-order valence-corrected chi connectivity index (χ4v) is 7.37. The molecule has 1 aromatic carbocycles. The first-order valence-corrected chi connectivity index (χ1v) is 16.7. The highest BCUT2D eigenvalue weighted by atomic mass is 16.5. The number of nitrogens with zero attached hydrogens (tertiary/aromatic N) is 8. The van der Waals surface area contributed by atoms with E-state index in [4.69, 9.17) is 9.72 Å². The number of likely N-dealkylation sites (tertiary alicyclic amines) is 2. The Bertz CT molecular complexity index is 1630. The van der Waals surface area contributed by atoms with Crippen molar-refractivity contribution in [2.75, 3.05) is 50.1 Å². The van der Waals surface area contributed by atoms with E-state index in [1.807, 2.05) is 10.6 Å². The van der Waals surface area contributed by atoms with E-state index in [9.17, 15) is 10.1 Å². The summed E-state index contributed by atoms with van der Waals surface area (Å²) in [4.78, 5) is 34.5. The molecule has 0 spiro atoms. The largest absolute Gasteiger partial charge is 0.495 e. The van der Waals surface area contributed by atoms with E-state index in [0.717, 1.165) is 42.6 Å². The quantitative estimate of drug-likeness (QED) is 0.338. The Labute approximate surface area is 270 Å². The molecule has 7 rings (SSSR count). The van der Waals surface area contributed by atoms with Crippen LogP contribution in [0.3, 0.4) is 0 Å². The molecule has 46 heavy (non-hydrogen) atoms. The zero-order valence-electron chi connectivity index (χ0n) is 27.2. The summed E-state index contributed by atoms with van der Waals surface area (Å²) in [6.07, 6.45) is 9.52. The summed E-state index contributed by atoms with van der Waals surface area (Å²) in [6.45, 7) is 11.9. The molecule has 2 N–H and O–H groups in total. The molecular weight excluding hydrogens is 580 g/mol. The molecule has 4 aliphatic rings. The summed E-state index contributed by atoms with van der Waals surface area (Å²) >= 11 is 0. The number of rotatable bonds is 10. The third-order valence-electron chi connectivity index (χ3n) is 10.0. The van der Waals surface area contributed by atoms with Gasteiger partial charge in [0.1, 0.15) is 23.8 Å². The fraction of sp³-hybridized carbons (Fsp3) is 0.559. The van der Waals surface area contributed by atoms with Gasteiger partial charge in [0.25, 0.3) is 5.91 Å². The summed E-state index contributed by atoms with van der Waals surface area (Å²) in [5.74, 6) is 2.57. The third kappa shape index (κ3) is 5.78. The maximum Gasteiger partial charge on any atom is 0.251 e. The van der Waals surface area contributed by atoms with Gasteiger partial charge in [-0.05, 0) is 83.2 Å². The van der Waals surface area contributed by atoms with Crippen molar-refractivity contribution in [3.63, 3.8) is 0 Å². The molecule has 2 saturated heterocycles. The van der Waals surface area contributed by atoms with Crippen molar-refractivity contribution >= 4 is 23.4 Å². The zero-order valence-corrected chi connectivity index (χ0v) is 27.2. The molecule has 0 radical (unpaired) electrons. The first-order valence-electron chi connectivity index (χ1n) is 16.7. The zero-order chi connectivity index (χ0) is 31.9. The average molecular weight is 625 g/mol. The second-order valence-electron chi connectivity index (χ2n) is 13.4. The number of amides is 1. The van der Waals surface area contributed by atoms with Gasteiger partial charge in [-0.2, -0.15) is 10.2 Å². The molecule has 12 nitrogen and oxygen atoms in total. The average Bonchev–Trinajstić information content (AvgIpc) is 3.76. The van der Waals surface area contributed by atoms with E-state index in [-0.39, 0.29) is 24.0 Å². The lowest BCUT2D eigenvalue weighted by molar-refractivity contribution is 0.0345. The number of carbonyl (C=O) groups excluding carboxylic acids is 1. The summed E-state index contributed by atoms with van der Waals surface area (Å²) in [7, 11) is 1.59. The fourth-order valence-electron chi connectivity index (χ4n) is 7.37. The molecule has 5 heterocycles. The van der Waals surface area contributed by atoms with Crippen LogP contribution in [0.25, 0.3) is 5.69 Å². The number of methoxy groups -OCH3 is 1. The Balaban J connectivity index is 1.01. The molecule has 0 bridgehead atoms. The highest BCUT2D eigenvalue weighted by Crippen LogP contribution is 2.42. The SMILES string of the molecule is CC[C@@H]1c2c(C#N)ncn2-c2cnc(Nc3ccc(C(=O)NC4CN(C5CCN(CC6CC6)CC5)C4)cc3OC)nc2N1C(C)C. The number of hydrogen-bond acceptors (Lipinski definition) is 10. The van der Waals surface area contributed by atoms with Crippen LogP contribution in [0.2, 0.25) is 0 Å². The van der Waals surface area contributed by atoms with E-state index in [1.165, 1.54) is 45.3 Å². The van der Waals surface area contributed by atoms with Crippen molar-refractivity contribution in [2.45, 2.75) is 77.0 Å². The van der Waals surface area contributed by atoms with Gasteiger partial charge in [-0.3, -0.25) is 14.3 Å². The van der Waals surface area contributed by atoms with Gasteiger partial charge < -0.3 is 25.2 Å². The molecule has 1 saturated carbocycles. The van der Waals surface area contributed by atoms with E-state index < -0.39 is 0 Å². The minimum atomic E-state index is -0.0927. The Kier molecular flexibility index (Phi) is 8.29. The van der Waals surface area contributed by atoms with E-state index >= 15 is 0 Å². The van der Waals surface area contributed by atoms with Crippen LogP contribution in [0.5, 0.6) is 5.75 Å². The van der Waals surface area contributed by atoms with Crippen LogP contribution in [0.15, 0.2) is 30.7 Å². The monoisotopic (exact) mass is 624 g/mol. The summed E-state index contributed by atoms with van der Waals surface area (Å²) in [6, 6.07) is 8.52. The topological polar surface area (TPSA) is 127 Å². The number of anilines is 3. The number of aromatic nitrogens is 4. The molecule has 1 aliphatic carbocycles. The van der Waals surface area contributed by atoms with Gasteiger partial charge in [0, 0.05) is 37.3 Å². The molecule has 242 valence electrons. The van der Waals surface area contributed by atoms with Crippen LogP contribution in [0, 0.1) is 17.2 Å². The van der Waals surface area contributed by atoms with E-state index in [2.05, 4.69) is 62.1 Å². The van der Waals surface area contributed by atoms with Crippen molar-refractivity contribution in [1.82, 2.24) is 34.6 Å². The molecule has 12 heteroatoms. The minimum Gasteiger partial charge on any atom is -0.495 e. The smallest absolute Gasteiger partial charge is 0.251 e. The highest BCUT2D eigenvalue weighted by molar-refractivity contribution is 5.95. The van der Waals surface area contributed by atoms with Gasteiger partial charge in [0.15, 0.2) is 11.5 Å². The number of carbonyl (C=O) groups is 1. The van der Waals surface area contributed by atoms with Crippen LogP contribution in [-0.4, -0.2) is 93.2 Å². The van der Waals surface area contributed by atoms with Gasteiger partial charge in [0.05, 0.1) is 36.8 Å². The summed E-state index contributed by atoms with van der Waals surface area (Å²) in [5.41, 5.74) is 3.29. The van der Waals surface area contributed by atoms with Gasteiger partial charge in [-0.25, -0.2) is 9.97 Å². The van der Waals surface area contributed by atoms with Crippen molar-refractivity contribution in [1.29, 1.82) is 5.26 Å². The van der Waals surface area contributed by atoms with Crippen molar-refractivity contribution < 1.29 is 9.53 Å². The van der Waals surface area contributed by atoms with E-state index in [1.54, 1.807) is 31.8 Å². The molecule has 3 fully saturated rings. The van der Waals surface area contributed by atoms with Crippen molar-refractivity contribution in [3.05, 3.63) is 47.7 Å². The second kappa shape index (κ2) is 12.5. The Hall–Kier alpha value is -4.21. The van der Waals surface area contributed by atoms with E-state index in [0.29, 0.717) is 34.7 Å². The normalized spacial score (nSPS) is 20.5. The van der Waals surface area contributed by atoms with Crippen molar-refractivity contribution in [2.24, 2.45) is 5.92 Å². The maximum absolute atomic E-state index is 13.2. The summed E-state index contributed by atoms with van der Waals surface area (Å²) in [5, 5.41) is 16.2. The lowest BCUT2D eigenvalue weighted by Gasteiger charge is -2.47. The number of benzene rings is 1. The van der Waals surface area contributed by atoms with Gasteiger partial charge in [0.2, 0.25) is 5.95 Å². The van der Waals surface area contributed by atoms with Crippen molar-refractivity contribution in [3.8, 4) is 17.5 Å². The molecule has 0 unspecified atom stereocenters. The lowest BCUT2D eigenvalue weighted by atomic mass is 9.97. The maximum atomic E-state index is 13.2. The number of nitriles is 1. The molecule has 3 aliphatic heterocycles. The van der Waals surface area contributed by atoms with Crippen LogP contribution in [0.4, 0.5) is 17.5 Å². The molecule has 1 amide bonds. The number of imidazole rings is 1. The Morgan fingerprint density at radius 3 is 2.61 bits per heavy atom. The van der Waals surface area contributed by atoms with Crippen LogP contribution in [-0.2, 0) is 0 Å². The van der Waals surface area contributed by atoms with Gasteiger partial charge in [-0.1, -0.05) is 6.92 Å². The lowest BCUT2D eigenvalue weighted by Crippen LogP contribution is -2.63. The van der Waals surface area contributed by atoms with Crippen LogP contribution >= 0.6 is 0 Å². The molecule has 2 aromatic heterocycles. The Morgan fingerprint density at radius 1 is 1.15 bits per heavy atom. The van der Waals surface area contributed by atoms with Crippen LogP contribution in [0.1, 0.15) is 80.7 Å². The van der Waals surface area contributed by atoms with Gasteiger partial charge in [-0.15, -0.1) is 0 Å². The Morgan fingerprint density at radius 2 is 1.93 bits per heavy atom. The summed E-state index contributed by atoms with van der Waals surface area (Å²) < 4.78 is 7.62. The number of hydrogen-bond donors (Lipinski definition) is 2. The number of nitrogens with one attached hydrogen (secondary N) is 2. The van der Waals surface area contributed by atoms with Crippen LogP contribution < -0.4 is 20.3 Å². The second-order valence-corrected chi connectivity index (χ2v) is 13.4. The van der Waals surface area contributed by atoms with Gasteiger partial charge >= 0.3 is 0 Å². The predicted octanol–water partition coefficient (Wildman–Crippen LogP) is 4.25. The third-order valence-corrected chi connectivity index (χ3v) is 10.0. The minimum absolute atomic E-state index is 0.0487. The molecular formula is C34H44N10O2. The first-order chi connectivity index (χ1) is 22.4. The molecule has 1 atom stereocenters. The highest BCUT2D eigenvalue weighted by Gasteiger charge is 2.37. The molecule has 3 aromatic rings. The number of ether oxygens (including phenoxy) is 1. The first kappa shape index (κ1) is 30.4.